The van der Waals surface area contributed by atoms with E-state index >= 15 is 0 Å². The van der Waals surface area contributed by atoms with Gasteiger partial charge < -0.3 is 0 Å². The highest BCUT2D eigenvalue weighted by Crippen LogP contribution is 1.92. The van der Waals surface area contributed by atoms with E-state index in [9.17, 15) is 0 Å². The molecule has 0 aromatic heterocycles. The van der Waals surface area contributed by atoms with Crippen molar-refractivity contribution in [3.05, 3.63) is 33.7 Å². The van der Waals surface area contributed by atoms with Crippen LogP contribution < -0.4 is 10.4 Å². The molecule has 12 heavy (non-hydrogen) atoms. The number of benzene rings is 1. The van der Waals surface area contributed by atoms with Gasteiger partial charge in [-0.05, 0) is 49.3 Å². The molecule has 0 saturated heterocycles. The minimum atomic E-state index is 1.17. The Bertz CT molecular complexity index is 364. The van der Waals surface area contributed by atoms with E-state index in [1.807, 2.05) is 0 Å². The fourth-order valence-corrected chi connectivity index (χ4v) is 1.28. The van der Waals surface area contributed by atoms with E-state index in [1.54, 1.807) is 0 Å². The molecule has 0 heteroatoms. The quantitative estimate of drug-likeness (QED) is 0.544. The third kappa shape index (κ3) is 1.58. The molecule has 0 heterocycles. The summed E-state index contributed by atoms with van der Waals surface area (Å²) in [5.41, 5.74) is 3.93. The first kappa shape index (κ1) is 9.05. The van der Waals surface area contributed by atoms with Gasteiger partial charge in [0.2, 0.25) is 0 Å². The average Bonchev–Trinajstić information content (AvgIpc) is 1.99. The van der Waals surface area contributed by atoms with E-state index in [-0.39, 0.29) is 0 Å². The summed E-state index contributed by atoms with van der Waals surface area (Å²) in [6.45, 7) is 12.5. The lowest BCUT2D eigenvalue weighted by Gasteiger charge is -2.00. The third-order valence-corrected chi connectivity index (χ3v) is 2.27. The van der Waals surface area contributed by atoms with Gasteiger partial charge in [-0.25, -0.2) is 0 Å². The van der Waals surface area contributed by atoms with Crippen molar-refractivity contribution >= 4 is 12.2 Å². The van der Waals surface area contributed by atoms with Gasteiger partial charge in [-0.3, -0.25) is 0 Å². The van der Waals surface area contributed by atoms with Gasteiger partial charge in [0.1, 0.15) is 0 Å². The van der Waals surface area contributed by atoms with E-state index in [0.29, 0.717) is 0 Å². The molecule has 0 aliphatic rings. The Balaban J connectivity index is 3.64. The molecule has 0 bridgehead atoms. The van der Waals surface area contributed by atoms with Crippen LogP contribution in [0.4, 0.5) is 0 Å². The van der Waals surface area contributed by atoms with Crippen LogP contribution in [0.25, 0.3) is 12.2 Å². The topological polar surface area (TPSA) is 0 Å². The molecule has 1 rings (SSSR count). The van der Waals surface area contributed by atoms with Crippen molar-refractivity contribution in [2.24, 2.45) is 0 Å². The van der Waals surface area contributed by atoms with Crippen molar-refractivity contribution in [2.75, 3.05) is 0 Å². The SMILES string of the molecule is C=c1c(C)cc(=C(C)C)cc1C. The number of rotatable bonds is 0. The van der Waals surface area contributed by atoms with Crippen molar-refractivity contribution in [3.8, 4) is 0 Å². The molecule has 0 aliphatic heterocycles. The van der Waals surface area contributed by atoms with E-state index < -0.39 is 0 Å². The van der Waals surface area contributed by atoms with Crippen LogP contribution in [-0.4, -0.2) is 0 Å². The lowest BCUT2D eigenvalue weighted by molar-refractivity contribution is 1.29. The van der Waals surface area contributed by atoms with Crippen molar-refractivity contribution in [3.63, 3.8) is 0 Å². The molecule has 0 aliphatic carbocycles. The lowest BCUT2D eigenvalue weighted by atomic mass is 10.1. The molecule has 1 aromatic rings. The Morgan fingerprint density at radius 3 is 1.83 bits per heavy atom. The zero-order chi connectivity index (χ0) is 9.30. The van der Waals surface area contributed by atoms with Crippen LogP contribution in [0.5, 0.6) is 0 Å². The van der Waals surface area contributed by atoms with Crippen molar-refractivity contribution in [1.82, 2.24) is 0 Å². The molecule has 0 radical (unpaired) electrons. The lowest BCUT2D eigenvalue weighted by Crippen LogP contribution is -2.15. The highest BCUT2D eigenvalue weighted by atomic mass is 14.0. The van der Waals surface area contributed by atoms with E-state index in [1.165, 1.54) is 27.1 Å². The van der Waals surface area contributed by atoms with Crippen LogP contribution in [0.15, 0.2) is 12.1 Å². The molecular weight excluding hydrogens is 144 g/mol. The largest absolute Gasteiger partial charge is 0.0912 e. The zero-order valence-corrected chi connectivity index (χ0v) is 8.36. The van der Waals surface area contributed by atoms with E-state index in [0.717, 1.165) is 0 Å². The van der Waals surface area contributed by atoms with Gasteiger partial charge in [0.25, 0.3) is 0 Å². The number of aryl methyl sites for hydroxylation is 2. The monoisotopic (exact) mass is 160 g/mol. The maximum absolute atomic E-state index is 4.01. The second-order valence-electron chi connectivity index (χ2n) is 3.59. The molecule has 0 nitrogen and oxygen atoms in total. The van der Waals surface area contributed by atoms with Crippen LogP contribution in [0.3, 0.4) is 0 Å². The summed E-state index contributed by atoms with van der Waals surface area (Å²) in [5.74, 6) is 0. The normalized spacial score (nSPS) is 10.0. The van der Waals surface area contributed by atoms with Gasteiger partial charge in [0, 0.05) is 0 Å². The van der Waals surface area contributed by atoms with Crippen LogP contribution in [0, 0.1) is 13.8 Å². The molecule has 0 atom stereocenters. The molecule has 64 valence electrons. The second-order valence-corrected chi connectivity index (χ2v) is 3.59. The maximum Gasteiger partial charge on any atom is -0.0265 e. The van der Waals surface area contributed by atoms with Gasteiger partial charge in [0.05, 0.1) is 0 Å². The number of hydrogen-bond donors (Lipinski definition) is 0. The van der Waals surface area contributed by atoms with Crippen LogP contribution >= 0.6 is 0 Å². The fraction of sp³-hybridized carbons (Fsp3) is 0.333. The Morgan fingerprint density at radius 1 is 1.08 bits per heavy atom. The Morgan fingerprint density at radius 2 is 1.50 bits per heavy atom. The highest BCUT2D eigenvalue weighted by Gasteiger charge is 1.92. The summed E-state index contributed by atoms with van der Waals surface area (Å²) in [7, 11) is 0. The minimum Gasteiger partial charge on any atom is -0.0912 e. The second kappa shape index (κ2) is 3.14. The van der Waals surface area contributed by atoms with Gasteiger partial charge in [0.15, 0.2) is 0 Å². The molecule has 1 aromatic carbocycles. The predicted molar refractivity (Wildman–Crippen MR) is 55.4 cm³/mol. The van der Waals surface area contributed by atoms with Gasteiger partial charge in [-0.1, -0.05) is 24.3 Å². The molecule has 0 unspecified atom stereocenters. The van der Waals surface area contributed by atoms with E-state index in [2.05, 4.69) is 46.4 Å². The smallest absolute Gasteiger partial charge is 0.0265 e. The van der Waals surface area contributed by atoms with Crippen LogP contribution in [0.1, 0.15) is 25.0 Å². The first-order valence-corrected chi connectivity index (χ1v) is 4.26. The summed E-state index contributed by atoms with van der Waals surface area (Å²) >= 11 is 0. The Hall–Kier alpha value is -1.04. The summed E-state index contributed by atoms with van der Waals surface area (Å²) < 4.78 is 0. The molecular formula is C12H16. The van der Waals surface area contributed by atoms with Crippen LogP contribution in [-0.2, 0) is 0 Å². The number of hydrogen-bond acceptors (Lipinski definition) is 0. The first-order valence-electron chi connectivity index (χ1n) is 4.26. The minimum absolute atomic E-state index is 1.17. The fourth-order valence-electron chi connectivity index (χ4n) is 1.28. The molecule has 0 N–H and O–H groups in total. The van der Waals surface area contributed by atoms with E-state index in [4.69, 9.17) is 0 Å². The standard InChI is InChI=1S/C12H16/c1-8(2)12-6-9(3)11(5)10(4)7-12/h6-7H,5H2,1-4H3. The highest BCUT2D eigenvalue weighted by molar-refractivity contribution is 5.41. The van der Waals surface area contributed by atoms with Crippen molar-refractivity contribution < 1.29 is 0 Å². The molecule has 0 saturated carbocycles. The van der Waals surface area contributed by atoms with Gasteiger partial charge in [-0.2, -0.15) is 0 Å². The first-order chi connectivity index (χ1) is 5.52. The summed E-state index contributed by atoms with van der Waals surface area (Å²) in [5, 5.41) is 2.50. The average molecular weight is 160 g/mol. The third-order valence-electron chi connectivity index (χ3n) is 2.27. The summed E-state index contributed by atoms with van der Waals surface area (Å²) in [6.07, 6.45) is 0. The Kier molecular flexibility index (Phi) is 2.37. The molecule has 0 amide bonds. The zero-order valence-electron chi connectivity index (χ0n) is 8.36. The van der Waals surface area contributed by atoms with Crippen LogP contribution in [0.2, 0.25) is 0 Å². The predicted octanol–water partition coefficient (Wildman–Crippen LogP) is 1.90. The van der Waals surface area contributed by atoms with Crippen molar-refractivity contribution in [1.29, 1.82) is 0 Å². The Labute approximate surface area is 74.2 Å². The van der Waals surface area contributed by atoms with Gasteiger partial charge >= 0.3 is 0 Å². The van der Waals surface area contributed by atoms with Crippen molar-refractivity contribution in [2.45, 2.75) is 27.7 Å². The molecule has 0 fully saturated rings. The molecule has 0 spiro atoms. The summed E-state index contributed by atoms with van der Waals surface area (Å²) in [4.78, 5) is 0. The summed E-state index contributed by atoms with van der Waals surface area (Å²) in [6, 6.07) is 4.40. The maximum atomic E-state index is 4.01. The van der Waals surface area contributed by atoms with Gasteiger partial charge in [-0.15, -0.1) is 0 Å².